The van der Waals surface area contributed by atoms with Gasteiger partial charge in [-0.1, -0.05) is 15.9 Å². The highest BCUT2D eigenvalue weighted by Crippen LogP contribution is 2.35. The number of methoxy groups -OCH3 is 1. The molecule has 2 aromatic carbocycles. The third kappa shape index (κ3) is 5.26. The number of non-ortho nitro benzene ring substituents is 1. The van der Waals surface area contributed by atoms with Crippen LogP contribution in [0.1, 0.15) is 11.1 Å². The topological polar surface area (TPSA) is 99.0 Å². The van der Waals surface area contributed by atoms with Gasteiger partial charge < -0.3 is 9.47 Å². The molecule has 156 valence electrons. The Balaban J connectivity index is 1.78. The van der Waals surface area contributed by atoms with Crippen molar-refractivity contribution in [2.24, 2.45) is 0 Å². The molecule has 8 nitrogen and oxygen atoms in total. The van der Waals surface area contributed by atoms with Crippen LogP contribution in [0.15, 0.2) is 51.8 Å². The predicted octanol–water partition coefficient (Wildman–Crippen LogP) is 4.62. The summed E-state index contributed by atoms with van der Waals surface area (Å²) in [5.74, 6) is 0.142. The van der Waals surface area contributed by atoms with E-state index in [4.69, 9.17) is 9.47 Å². The van der Waals surface area contributed by atoms with Gasteiger partial charge in [-0.15, -0.1) is 0 Å². The summed E-state index contributed by atoms with van der Waals surface area (Å²) in [7, 11) is 1.50. The predicted molar refractivity (Wildman–Crippen MR) is 116 cm³/mol. The van der Waals surface area contributed by atoms with Crippen molar-refractivity contribution in [2.45, 2.75) is 6.61 Å². The van der Waals surface area contributed by atoms with Gasteiger partial charge in [-0.05, 0) is 53.7 Å². The number of amides is 2. The summed E-state index contributed by atoms with van der Waals surface area (Å²) in [5, 5.41) is 10.4. The first kappa shape index (κ1) is 22.0. The molecule has 0 atom stereocenters. The first-order chi connectivity index (χ1) is 14.4. The Labute approximate surface area is 185 Å². The minimum atomic E-state index is -0.461. The molecule has 0 aliphatic carbocycles. The molecule has 3 rings (SSSR count). The van der Waals surface area contributed by atoms with E-state index in [2.05, 4.69) is 15.9 Å². The Bertz CT molecular complexity index is 1010. The van der Waals surface area contributed by atoms with Crippen LogP contribution in [0.5, 0.6) is 5.75 Å². The van der Waals surface area contributed by atoms with Crippen LogP contribution in [-0.2, 0) is 16.1 Å². The Morgan fingerprint density at radius 2 is 1.93 bits per heavy atom. The van der Waals surface area contributed by atoms with E-state index in [-0.39, 0.29) is 36.6 Å². The number of imide groups is 1. The van der Waals surface area contributed by atoms with E-state index in [1.165, 1.54) is 19.2 Å². The Hall–Kier alpha value is -2.69. The maximum absolute atomic E-state index is 12.5. The number of halogens is 1. The number of hydrogen-bond acceptors (Lipinski definition) is 7. The van der Waals surface area contributed by atoms with Gasteiger partial charge in [0.1, 0.15) is 12.4 Å². The maximum Gasteiger partial charge on any atom is 0.293 e. The molecular formula is C20H17BrN2O6S. The van der Waals surface area contributed by atoms with E-state index in [0.717, 1.165) is 26.7 Å². The number of carbonyl (C=O) groups is 2. The van der Waals surface area contributed by atoms with Crippen LogP contribution in [0.3, 0.4) is 0 Å². The number of nitro groups is 1. The van der Waals surface area contributed by atoms with Crippen LogP contribution in [0.25, 0.3) is 6.08 Å². The van der Waals surface area contributed by atoms with E-state index < -0.39 is 4.92 Å². The molecule has 0 spiro atoms. The van der Waals surface area contributed by atoms with Crippen molar-refractivity contribution in [1.29, 1.82) is 0 Å². The summed E-state index contributed by atoms with van der Waals surface area (Å²) in [5.41, 5.74) is 1.39. The number of ether oxygens (including phenoxy) is 2. The summed E-state index contributed by atoms with van der Waals surface area (Å²) in [6.45, 7) is 0.655. The van der Waals surface area contributed by atoms with Crippen molar-refractivity contribution in [3.8, 4) is 5.75 Å². The zero-order valence-corrected chi connectivity index (χ0v) is 18.3. The second-order valence-electron chi connectivity index (χ2n) is 6.22. The first-order valence-electron chi connectivity index (χ1n) is 8.79. The lowest BCUT2D eigenvalue weighted by Gasteiger charge is -2.11. The normalized spacial score (nSPS) is 15.1. The molecule has 30 heavy (non-hydrogen) atoms. The summed E-state index contributed by atoms with van der Waals surface area (Å²) in [6.07, 6.45) is 1.62. The van der Waals surface area contributed by atoms with E-state index in [9.17, 15) is 19.7 Å². The van der Waals surface area contributed by atoms with Gasteiger partial charge in [-0.3, -0.25) is 24.6 Å². The molecule has 1 aliphatic rings. The number of nitrogens with zero attached hydrogens (tertiary/aromatic N) is 2. The minimum Gasteiger partial charge on any atom is -0.488 e. The lowest BCUT2D eigenvalue weighted by atomic mass is 10.1. The maximum atomic E-state index is 12.5. The number of thioether (sulfide) groups is 1. The Morgan fingerprint density at radius 3 is 2.60 bits per heavy atom. The summed E-state index contributed by atoms with van der Waals surface area (Å²) in [6, 6.07) is 11.4. The van der Waals surface area contributed by atoms with Gasteiger partial charge in [-0.2, -0.15) is 0 Å². The second-order valence-corrected chi connectivity index (χ2v) is 8.13. The van der Waals surface area contributed by atoms with Gasteiger partial charge in [0.2, 0.25) is 0 Å². The molecule has 0 unspecified atom stereocenters. The minimum absolute atomic E-state index is 0.00674. The third-order valence-corrected chi connectivity index (χ3v) is 5.59. The van der Waals surface area contributed by atoms with Crippen LogP contribution in [-0.4, -0.2) is 41.2 Å². The van der Waals surface area contributed by atoms with Gasteiger partial charge in [0.05, 0.1) is 23.0 Å². The standard InChI is InChI=1S/C20H17BrN2O6S/c1-28-9-8-22-19(24)18(30-20(22)25)11-14-10-15(21)4-7-17(14)29-12-13-2-5-16(6-3-13)23(26)27/h2-7,10-11H,8-9,12H2,1H3/b18-11+. The van der Waals surface area contributed by atoms with Crippen molar-refractivity contribution in [3.05, 3.63) is 73.1 Å². The fourth-order valence-electron chi connectivity index (χ4n) is 2.66. The van der Waals surface area contributed by atoms with Crippen LogP contribution < -0.4 is 4.74 Å². The lowest BCUT2D eigenvalue weighted by molar-refractivity contribution is -0.384. The van der Waals surface area contributed by atoms with Gasteiger partial charge in [0, 0.05) is 29.3 Å². The van der Waals surface area contributed by atoms with Gasteiger partial charge >= 0.3 is 0 Å². The fourth-order valence-corrected chi connectivity index (χ4v) is 3.89. The quantitative estimate of drug-likeness (QED) is 0.301. The highest BCUT2D eigenvalue weighted by atomic mass is 79.9. The van der Waals surface area contributed by atoms with Crippen LogP contribution in [0.4, 0.5) is 10.5 Å². The first-order valence-corrected chi connectivity index (χ1v) is 10.4. The fraction of sp³-hybridized carbons (Fsp3) is 0.200. The Morgan fingerprint density at radius 1 is 1.20 bits per heavy atom. The van der Waals surface area contributed by atoms with Gasteiger partial charge in [0.15, 0.2) is 0 Å². The molecule has 0 bridgehead atoms. The highest BCUT2D eigenvalue weighted by molar-refractivity contribution is 9.10. The van der Waals surface area contributed by atoms with Crippen molar-refractivity contribution < 1.29 is 24.0 Å². The van der Waals surface area contributed by atoms with Crippen molar-refractivity contribution in [1.82, 2.24) is 4.90 Å². The summed E-state index contributed by atoms with van der Waals surface area (Å²) < 4.78 is 11.6. The molecule has 10 heteroatoms. The highest BCUT2D eigenvalue weighted by Gasteiger charge is 2.34. The Kier molecular flexibility index (Phi) is 7.24. The monoisotopic (exact) mass is 492 g/mol. The second kappa shape index (κ2) is 9.88. The molecule has 1 saturated heterocycles. The number of rotatable bonds is 8. The largest absolute Gasteiger partial charge is 0.488 e. The van der Waals surface area contributed by atoms with E-state index >= 15 is 0 Å². The number of benzene rings is 2. The van der Waals surface area contributed by atoms with Crippen LogP contribution in [0.2, 0.25) is 0 Å². The molecule has 1 heterocycles. The molecular weight excluding hydrogens is 476 g/mol. The van der Waals surface area contributed by atoms with Crippen molar-refractivity contribution in [2.75, 3.05) is 20.3 Å². The lowest BCUT2D eigenvalue weighted by Crippen LogP contribution is -2.31. The smallest absolute Gasteiger partial charge is 0.293 e. The van der Waals surface area contributed by atoms with E-state index in [1.807, 2.05) is 0 Å². The van der Waals surface area contributed by atoms with Crippen LogP contribution >= 0.6 is 27.7 Å². The molecule has 0 saturated carbocycles. The number of hydrogen-bond donors (Lipinski definition) is 0. The molecule has 2 aromatic rings. The number of carbonyl (C=O) groups excluding carboxylic acids is 2. The van der Waals surface area contributed by atoms with E-state index in [1.54, 1.807) is 36.4 Å². The molecule has 1 fully saturated rings. The summed E-state index contributed by atoms with van der Waals surface area (Å²) in [4.78, 5) is 36.4. The van der Waals surface area contributed by atoms with Gasteiger partial charge in [0.25, 0.3) is 16.8 Å². The molecule has 2 amide bonds. The average Bonchev–Trinajstić information content (AvgIpc) is 2.98. The average molecular weight is 493 g/mol. The SMILES string of the molecule is COCCN1C(=O)S/C(=C/c2cc(Br)ccc2OCc2ccc([N+](=O)[O-])cc2)C1=O. The van der Waals surface area contributed by atoms with Gasteiger partial charge in [-0.25, -0.2) is 0 Å². The van der Waals surface area contributed by atoms with E-state index in [0.29, 0.717) is 16.2 Å². The zero-order valence-electron chi connectivity index (χ0n) is 15.9. The van der Waals surface area contributed by atoms with Crippen molar-refractivity contribution in [3.63, 3.8) is 0 Å². The summed E-state index contributed by atoms with van der Waals surface area (Å²) >= 11 is 4.27. The molecule has 1 aliphatic heterocycles. The number of nitro benzene ring substituents is 1. The zero-order chi connectivity index (χ0) is 21.7. The molecule has 0 aromatic heterocycles. The molecule has 0 N–H and O–H groups in total. The third-order valence-electron chi connectivity index (χ3n) is 4.19. The van der Waals surface area contributed by atoms with Crippen LogP contribution in [0, 0.1) is 10.1 Å². The molecule has 0 radical (unpaired) electrons. The van der Waals surface area contributed by atoms with Crippen molar-refractivity contribution >= 4 is 50.6 Å².